The van der Waals surface area contributed by atoms with E-state index in [2.05, 4.69) is 6.92 Å². The fourth-order valence-corrected chi connectivity index (χ4v) is 3.30. The van der Waals surface area contributed by atoms with E-state index in [0.29, 0.717) is 12.0 Å². The third kappa shape index (κ3) is 4.36. The van der Waals surface area contributed by atoms with Crippen molar-refractivity contribution in [2.24, 2.45) is 11.3 Å². The van der Waals surface area contributed by atoms with Gasteiger partial charge in [-0.05, 0) is 30.2 Å². The van der Waals surface area contributed by atoms with Gasteiger partial charge in [-0.15, -0.1) is 0 Å². The zero-order valence-electron chi connectivity index (χ0n) is 12.7. The molecule has 1 aliphatic carbocycles. The lowest BCUT2D eigenvalue weighted by atomic mass is 9.71. The summed E-state index contributed by atoms with van der Waals surface area (Å²) < 4.78 is 5.44. The lowest BCUT2D eigenvalue weighted by molar-refractivity contribution is -0.150. The predicted octanol–water partition coefficient (Wildman–Crippen LogP) is 4.73. The Labute approximate surface area is 122 Å². The molecule has 0 spiro atoms. The Balaban J connectivity index is 1.79. The molecule has 2 rings (SSSR count). The van der Waals surface area contributed by atoms with E-state index in [4.69, 9.17) is 4.74 Å². The zero-order chi connectivity index (χ0) is 14.4. The highest BCUT2D eigenvalue weighted by Crippen LogP contribution is 2.41. The Hall–Kier alpha value is -1.31. The fourth-order valence-electron chi connectivity index (χ4n) is 3.30. The van der Waals surface area contributed by atoms with Crippen LogP contribution in [0.2, 0.25) is 0 Å². The van der Waals surface area contributed by atoms with Crippen LogP contribution >= 0.6 is 0 Å². The molecule has 1 aliphatic rings. The van der Waals surface area contributed by atoms with Gasteiger partial charge in [0.15, 0.2) is 0 Å². The average molecular weight is 274 g/mol. The van der Waals surface area contributed by atoms with Crippen LogP contribution in [-0.4, -0.2) is 5.97 Å². The summed E-state index contributed by atoms with van der Waals surface area (Å²) in [5.41, 5.74) is 1.39. The highest BCUT2D eigenvalue weighted by atomic mass is 16.5. The molecule has 110 valence electrons. The van der Waals surface area contributed by atoms with E-state index in [0.717, 1.165) is 12.0 Å². The van der Waals surface area contributed by atoms with E-state index in [1.807, 2.05) is 37.3 Å². The molecule has 2 heteroatoms. The summed E-state index contributed by atoms with van der Waals surface area (Å²) >= 11 is 0. The first-order chi connectivity index (χ1) is 9.59. The molecule has 0 bridgehead atoms. The van der Waals surface area contributed by atoms with Crippen LogP contribution in [0, 0.1) is 11.3 Å². The highest BCUT2D eigenvalue weighted by molar-refractivity contribution is 5.72. The molecule has 0 amide bonds. The summed E-state index contributed by atoms with van der Waals surface area (Å²) in [6, 6.07) is 9.88. The Kier molecular flexibility index (Phi) is 5.22. The molecule has 1 fully saturated rings. The number of rotatable bonds is 5. The van der Waals surface area contributed by atoms with Crippen molar-refractivity contribution in [1.29, 1.82) is 0 Å². The average Bonchev–Trinajstić information content (AvgIpc) is 2.46. The van der Waals surface area contributed by atoms with E-state index in [-0.39, 0.29) is 11.9 Å². The summed E-state index contributed by atoms with van der Waals surface area (Å²) in [4.78, 5) is 12.1. The van der Waals surface area contributed by atoms with Gasteiger partial charge in [0, 0.05) is 0 Å². The molecule has 0 saturated heterocycles. The molecule has 1 atom stereocenters. The predicted molar refractivity (Wildman–Crippen MR) is 81.2 cm³/mol. The van der Waals surface area contributed by atoms with Crippen LogP contribution in [0.25, 0.3) is 0 Å². The minimum absolute atomic E-state index is 0.00168. The first kappa shape index (κ1) is 15.1. The molecule has 0 radical (unpaired) electrons. The second-order valence-electron chi connectivity index (χ2n) is 6.57. The van der Waals surface area contributed by atoms with Crippen LogP contribution in [0.4, 0.5) is 0 Å². The Bertz CT molecular complexity index is 418. The quantitative estimate of drug-likeness (QED) is 0.726. The number of benzene rings is 1. The summed E-state index contributed by atoms with van der Waals surface area (Å²) in [7, 11) is 0. The number of carbonyl (C=O) groups excluding carboxylic acids is 1. The SMILES string of the molecule is C[C@H](CC1(C)CCCCC1)C(=O)OCc1ccccc1. The lowest BCUT2D eigenvalue weighted by Gasteiger charge is -2.35. The first-order valence-electron chi connectivity index (χ1n) is 7.80. The number of hydrogen-bond acceptors (Lipinski definition) is 2. The van der Waals surface area contributed by atoms with Crippen molar-refractivity contribution < 1.29 is 9.53 Å². The minimum atomic E-state index is -0.0550. The van der Waals surface area contributed by atoms with Crippen LogP contribution < -0.4 is 0 Å². The number of ether oxygens (including phenoxy) is 1. The van der Waals surface area contributed by atoms with Gasteiger partial charge in [0.1, 0.15) is 6.61 Å². The van der Waals surface area contributed by atoms with Gasteiger partial charge in [0.05, 0.1) is 5.92 Å². The van der Waals surface area contributed by atoms with Crippen molar-refractivity contribution in [2.75, 3.05) is 0 Å². The van der Waals surface area contributed by atoms with E-state index < -0.39 is 0 Å². The van der Waals surface area contributed by atoms with Crippen molar-refractivity contribution >= 4 is 5.97 Å². The molecule has 1 saturated carbocycles. The van der Waals surface area contributed by atoms with Crippen LogP contribution in [-0.2, 0) is 16.1 Å². The molecule has 20 heavy (non-hydrogen) atoms. The van der Waals surface area contributed by atoms with Crippen molar-refractivity contribution in [1.82, 2.24) is 0 Å². The molecule has 0 N–H and O–H groups in total. The molecule has 0 unspecified atom stereocenters. The third-order valence-electron chi connectivity index (χ3n) is 4.49. The second kappa shape index (κ2) is 6.92. The van der Waals surface area contributed by atoms with Gasteiger partial charge in [0.25, 0.3) is 0 Å². The van der Waals surface area contributed by atoms with E-state index in [9.17, 15) is 4.79 Å². The standard InChI is InChI=1S/C18H26O2/c1-15(13-18(2)11-7-4-8-12-18)17(19)20-14-16-9-5-3-6-10-16/h3,5-6,9-10,15H,4,7-8,11-14H2,1-2H3/t15-/m1/s1. The number of hydrogen-bond donors (Lipinski definition) is 0. The number of carbonyl (C=O) groups is 1. The Morgan fingerprint density at radius 2 is 1.85 bits per heavy atom. The third-order valence-corrected chi connectivity index (χ3v) is 4.49. The summed E-state index contributed by atoms with van der Waals surface area (Å²) in [6.07, 6.45) is 7.43. The maximum atomic E-state index is 12.1. The van der Waals surface area contributed by atoms with Gasteiger partial charge >= 0.3 is 5.97 Å². The summed E-state index contributed by atoms with van der Waals surface area (Å²) in [5.74, 6) is -0.0533. The van der Waals surface area contributed by atoms with Crippen LogP contribution in [0.15, 0.2) is 30.3 Å². The van der Waals surface area contributed by atoms with Crippen LogP contribution in [0.1, 0.15) is 57.9 Å². The van der Waals surface area contributed by atoms with Gasteiger partial charge in [-0.25, -0.2) is 0 Å². The van der Waals surface area contributed by atoms with E-state index in [1.165, 1.54) is 32.1 Å². The Morgan fingerprint density at radius 3 is 2.50 bits per heavy atom. The molecule has 0 aromatic heterocycles. The van der Waals surface area contributed by atoms with E-state index in [1.54, 1.807) is 0 Å². The van der Waals surface area contributed by atoms with Gasteiger partial charge in [0.2, 0.25) is 0 Å². The molecule has 1 aromatic rings. The van der Waals surface area contributed by atoms with Crippen molar-refractivity contribution in [3.8, 4) is 0 Å². The van der Waals surface area contributed by atoms with Crippen LogP contribution in [0.5, 0.6) is 0 Å². The van der Waals surface area contributed by atoms with E-state index >= 15 is 0 Å². The molecule has 0 heterocycles. The van der Waals surface area contributed by atoms with Gasteiger partial charge in [-0.1, -0.05) is 63.4 Å². The van der Waals surface area contributed by atoms with Crippen LogP contribution in [0.3, 0.4) is 0 Å². The molecule has 2 nitrogen and oxygen atoms in total. The molecular formula is C18H26O2. The largest absolute Gasteiger partial charge is 0.461 e. The van der Waals surface area contributed by atoms with Gasteiger partial charge in [-0.3, -0.25) is 4.79 Å². The topological polar surface area (TPSA) is 26.3 Å². The smallest absolute Gasteiger partial charge is 0.309 e. The molecular weight excluding hydrogens is 248 g/mol. The van der Waals surface area contributed by atoms with Crippen molar-refractivity contribution in [2.45, 2.75) is 59.0 Å². The van der Waals surface area contributed by atoms with Crippen molar-refractivity contribution in [3.63, 3.8) is 0 Å². The molecule has 0 aliphatic heterocycles. The highest BCUT2D eigenvalue weighted by Gasteiger charge is 2.31. The van der Waals surface area contributed by atoms with Gasteiger partial charge in [-0.2, -0.15) is 0 Å². The molecule has 1 aromatic carbocycles. The maximum Gasteiger partial charge on any atom is 0.309 e. The lowest BCUT2D eigenvalue weighted by Crippen LogP contribution is -2.27. The minimum Gasteiger partial charge on any atom is -0.461 e. The zero-order valence-corrected chi connectivity index (χ0v) is 12.7. The normalized spacial score (nSPS) is 19.3. The summed E-state index contributed by atoms with van der Waals surface area (Å²) in [5, 5.41) is 0. The maximum absolute atomic E-state index is 12.1. The monoisotopic (exact) mass is 274 g/mol. The number of esters is 1. The summed E-state index contributed by atoms with van der Waals surface area (Å²) in [6.45, 7) is 4.72. The van der Waals surface area contributed by atoms with Crippen molar-refractivity contribution in [3.05, 3.63) is 35.9 Å². The first-order valence-corrected chi connectivity index (χ1v) is 7.80. The second-order valence-corrected chi connectivity index (χ2v) is 6.57. The fraction of sp³-hybridized carbons (Fsp3) is 0.611. The Morgan fingerprint density at radius 1 is 1.20 bits per heavy atom. The van der Waals surface area contributed by atoms with Gasteiger partial charge < -0.3 is 4.74 Å².